The summed E-state index contributed by atoms with van der Waals surface area (Å²) in [5.74, 6) is 0.660. The Morgan fingerprint density at radius 1 is 1.21 bits per heavy atom. The molecule has 0 amide bonds. The average molecular weight is 276 g/mol. The largest absolute Gasteiger partial charge is 0.338 e. The molecule has 3 aromatic rings. The van der Waals surface area contributed by atoms with E-state index in [2.05, 4.69) is 15.5 Å². The molecule has 0 aliphatic rings. The van der Waals surface area contributed by atoms with Gasteiger partial charge in [-0.3, -0.25) is 5.10 Å². The number of benzene rings is 2. The van der Waals surface area contributed by atoms with E-state index in [4.69, 9.17) is 11.6 Å². The number of aromatic nitrogens is 2. The predicted octanol–water partition coefficient (Wildman–Crippen LogP) is 4.43. The predicted molar refractivity (Wildman–Crippen MR) is 75.6 cm³/mol. The molecule has 2 N–H and O–H groups in total. The van der Waals surface area contributed by atoms with Crippen LogP contribution in [0.1, 0.15) is 5.56 Å². The summed E-state index contributed by atoms with van der Waals surface area (Å²) in [4.78, 5) is 0. The van der Waals surface area contributed by atoms with Crippen molar-refractivity contribution in [2.75, 3.05) is 5.32 Å². The lowest BCUT2D eigenvalue weighted by Gasteiger charge is -2.04. The van der Waals surface area contributed by atoms with Gasteiger partial charge in [0.05, 0.1) is 5.52 Å². The molecule has 0 fully saturated rings. The zero-order chi connectivity index (χ0) is 13.2. The van der Waals surface area contributed by atoms with Crippen LogP contribution in [0, 0.1) is 0 Å². The van der Waals surface area contributed by atoms with Crippen LogP contribution in [0.25, 0.3) is 10.9 Å². The van der Waals surface area contributed by atoms with Crippen LogP contribution in [0.4, 0.5) is 15.9 Å². The van der Waals surface area contributed by atoms with E-state index in [1.54, 1.807) is 24.3 Å². The van der Waals surface area contributed by atoms with E-state index in [9.17, 15) is 4.39 Å². The molecular formula is C14H11ClFN3. The first-order chi connectivity index (χ1) is 9.26. The minimum atomic E-state index is -0.488. The maximum Gasteiger partial charge on any atom is 0.160 e. The number of aromatic amines is 1. The van der Waals surface area contributed by atoms with Gasteiger partial charge < -0.3 is 5.32 Å². The van der Waals surface area contributed by atoms with Gasteiger partial charge in [0.25, 0.3) is 0 Å². The van der Waals surface area contributed by atoms with Crippen LogP contribution in [-0.2, 0) is 6.67 Å². The standard InChI is InChI=1S/C14H11ClFN3/c15-10-2-1-3-11(7-10)17-14-12-6-9(8-16)4-5-13(12)18-19-14/h1-7H,8H2,(H2,17,18,19). The van der Waals surface area contributed by atoms with Crippen molar-refractivity contribution in [3.05, 3.63) is 53.1 Å². The monoisotopic (exact) mass is 275 g/mol. The van der Waals surface area contributed by atoms with Crippen molar-refractivity contribution in [2.45, 2.75) is 6.67 Å². The van der Waals surface area contributed by atoms with E-state index in [-0.39, 0.29) is 0 Å². The molecule has 1 heterocycles. The molecule has 3 rings (SSSR count). The van der Waals surface area contributed by atoms with Crippen molar-refractivity contribution in [1.29, 1.82) is 0 Å². The second-order valence-electron chi connectivity index (χ2n) is 4.22. The molecule has 3 nitrogen and oxygen atoms in total. The van der Waals surface area contributed by atoms with Gasteiger partial charge in [0.1, 0.15) is 6.67 Å². The van der Waals surface area contributed by atoms with E-state index in [1.807, 2.05) is 18.2 Å². The number of fused-ring (bicyclic) bond motifs is 1. The Balaban J connectivity index is 2.00. The first-order valence-corrected chi connectivity index (χ1v) is 6.19. The summed E-state index contributed by atoms with van der Waals surface area (Å²) in [5.41, 5.74) is 2.33. The van der Waals surface area contributed by atoms with Gasteiger partial charge >= 0.3 is 0 Å². The lowest BCUT2D eigenvalue weighted by Crippen LogP contribution is -1.91. The van der Waals surface area contributed by atoms with Gasteiger partial charge in [0.2, 0.25) is 0 Å². The highest BCUT2D eigenvalue weighted by atomic mass is 35.5. The summed E-state index contributed by atoms with van der Waals surface area (Å²) >= 11 is 5.93. The number of rotatable bonds is 3. The maximum absolute atomic E-state index is 12.7. The van der Waals surface area contributed by atoms with Gasteiger partial charge in [0, 0.05) is 16.1 Å². The van der Waals surface area contributed by atoms with Crippen LogP contribution in [0.3, 0.4) is 0 Å². The number of alkyl halides is 1. The molecule has 0 bridgehead atoms. The second-order valence-corrected chi connectivity index (χ2v) is 4.66. The summed E-state index contributed by atoms with van der Waals surface area (Å²) in [6, 6.07) is 12.7. The van der Waals surface area contributed by atoms with Gasteiger partial charge in [-0.05, 0) is 35.9 Å². The molecule has 0 atom stereocenters. The van der Waals surface area contributed by atoms with Gasteiger partial charge in [-0.1, -0.05) is 23.7 Å². The van der Waals surface area contributed by atoms with Crippen molar-refractivity contribution in [2.24, 2.45) is 0 Å². The highest BCUT2D eigenvalue weighted by Crippen LogP contribution is 2.26. The Bertz CT molecular complexity index is 724. The van der Waals surface area contributed by atoms with Gasteiger partial charge in [-0.2, -0.15) is 5.10 Å². The first-order valence-electron chi connectivity index (χ1n) is 5.82. The summed E-state index contributed by atoms with van der Waals surface area (Å²) in [7, 11) is 0. The number of nitrogens with one attached hydrogen (secondary N) is 2. The summed E-state index contributed by atoms with van der Waals surface area (Å²) in [6.07, 6.45) is 0. The number of anilines is 2. The molecule has 0 unspecified atom stereocenters. The molecule has 0 aliphatic carbocycles. The Labute approximate surface area is 114 Å². The van der Waals surface area contributed by atoms with Gasteiger partial charge in [0.15, 0.2) is 5.82 Å². The van der Waals surface area contributed by atoms with Crippen LogP contribution >= 0.6 is 11.6 Å². The Morgan fingerprint density at radius 3 is 2.89 bits per heavy atom. The van der Waals surface area contributed by atoms with Gasteiger partial charge in [-0.25, -0.2) is 4.39 Å². The molecule has 2 aromatic carbocycles. The third kappa shape index (κ3) is 2.39. The van der Waals surface area contributed by atoms with Crippen molar-refractivity contribution >= 4 is 34.0 Å². The van der Waals surface area contributed by atoms with E-state index in [0.717, 1.165) is 16.6 Å². The lowest BCUT2D eigenvalue weighted by molar-refractivity contribution is 0.485. The molecule has 0 spiro atoms. The fourth-order valence-electron chi connectivity index (χ4n) is 1.94. The SMILES string of the molecule is FCc1ccc2[nH]nc(Nc3cccc(Cl)c3)c2c1. The summed E-state index contributed by atoms with van der Waals surface area (Å²) in [6.45, 7) is -0.488. The van der Waals surface area contributed by atoms with Crippen LogP contribution in [0.15, 0.2) is 42.5 Å². The molecule has 1 aromatic heterocycles. The van der Waals surface area contributed by atoms with Crippen molar-refractivity contribution in [1.82, 2.24) is 10.2 Å². The molecular weight excluding hydrogens is 265 g/mol. The van der Waals surface area contributed by atoms with E-state index in [1.165, 1.54) is 0 Å². The minimum Gasteiger partial charge on any atom is -0.338 e. The molecule has 0 aliphatic heterocycles. The Morgan fingerprint density at radius 2 is 2.11 bits per heavy atom. The molecule has 0 saturated carbocycles. The Kier molecular flexibility index (Phi) is 3.09. The average Bonchev–Trinajstić information content (AvgIpc) is 2.81. The number of halogens is 2. The molecule has 19 heavy (non-hydrogen) atoms. The third-order valence-electron chi connectivity index (χ3n) is 2.87. The third-order valence-corrected chi connectivity index (χ3v) is 3.10. The zero-order valence-corrected chi connectivity index (χ0v) is 10.7. The number of H-pyrrole nitrogens is 1. The maximum atomic E-state index is 12.7. The van der Waals surface area contributed by atoms with Crippen molar-refractivity contribution in [3.8, 4) is 0 Å². The number of nitrogens with zero attached hydrogens (tertiary/aromatic N) is 1. The highest BCUT2D eigenvalue weighted by Gasteiger charge is 2.07. The second kappa shape index (κ2) is 4.90. The van der Waals surface area contributed by atoms with Crippen molar-refractivity contribution < 1.29 is 4.39 Å². The fraction of sp³-hybridized carbons (Fsp3) is 0.0714. The smallest absolute Gasteiger partial charge is 0.160 e. The molecule has 5 heteroatoms. The van der Waals surface area contributed by atoms with Crippen LogP contribution in [0.2, 0.25) is 5.02 Å². The lowest BCUT2D eigenvalue weighted by atomic mass is 10.1. The van der Waals surface area contributed by atoms with Crippen LogP contribution in [-0.4, -0.2) is 10.2 Å². The minimum absolute atomic E-state index is 0.488. The van der Waals surface area contributed by atoms with E-state index < -0.39 is 6.67 Å². The van der Waals surface area contributed by atoms with Crippen LogP contribution in [0.5, 0.6) is 0 Å². The molecule has 96 valence electrons. The molecule has 0 radical (unpaired) electrons. The number of hydrogen-bond donors (Lipinski definition) is 2. The first kappa shape index (κ1) is 12.0. The highest BCUT2D eigenvalue weighted by molar-refractivity contribution is 6.30. The van der Waals surface area contributed by atoms with Crippen LogP contribution < -0.4 is 5.32 Å². The summed E-state index contributed by atoms with van der Waals surface area (Å²) < 4.78 is 12.7. The van der Waals surface area contributed by atoms with E-state index in [0.29, 0.717) is 16.4 Å². The van der Waals surface area contributed by atoms with E-state index >= 15 is 0 Å². The normalized spacial score (nSPS) is 10.8. The topological polar surface area (TPSA) is 40.7 Å². The zero-order valence-electron chi connectivity index (χ0n) is 9.95. The fourth-order valence-corrected chi connectivity index (χ4v) is 2.13. The van der Waals surface area contributed by atoms with Gasteiger partial charge in [-0.15, -0.1) is 0 Å². The molecule has 0 saturated heterocycles. The number of hydrogen-bond acceptors (Lipinski definition) is 2. The Hall–Kier alpha value is -2.07. The quantitative estimate of drug-likeness (QED) is 0.742. The summed E-state index contributed by atoms with van der Waals surface area (Å²) in [5, 5.41) is 11.8. The van der Waals surface area contributed by atoms with Crippen molar-refractivity contribution in [3.63, 3.8) is 0 Å².